The van der Waals surface area contributed by atoms with E-state index in [2.05, 4.69) is 19.9 Å². The summed E-state index contributed by atoms with van der Waals surface area (Å²) in [4.78, 5) is 15.4. The first-order valence-electron chi connectivity index (χ1n) is 11.5. The van der Waals surface area contributed by atoms with Gasteiger partial charge < -0.3 is 15.3 Å². The van der Waals surface area contributed by atoms with E-state index in [0.717, 1.165) is 0 Å². The van der Waals surface area contributed by atoms with Gasteiger partial charge in [0.15, 0.2) is 0 Å². The van der Waals surface area contributed by atoms with Crippen molar-refractivity contribution in [3.8, 4) is 17.2 Å². The van der Waals surface area contributed by atoms with E-state index in [1.54, 1.807) is 55.0 Å². The van der Waals surface area contributed by atoms with Crippen LogP contribution in [0.1, 0.15) is 16.7 Å². The zero-order valence-corrected chi connectivity index (χ0v) is 22.2. The Balaban J connectivity index is 1.57. The molecule has 0 heterocycles. The second-order valence-electron chi connectivity index (χ2n) is 8.06. The lowest BCUT2D eigenvalue weighted by Gasteiger charge is -2.19. The fourth-order valence-corrected chi connectivity index (χ4v) is 3.80. The van der Waals surface area contributed by atoms with Crippen LogP contribution in [0.4, 0.5) is 0 Å². The van der Waals surface area contributed by atoms with Gasteiger partial charge in [-0.25, -0.2) is 0 Å². The molecule has 0 aliphatic carbocycles. The summed E-state index contributed by atoms with van der Waals surface area (Å²) >= 11 is 17.6. The molecule has 194 valence electrons. The Bertz CT molecular complexity index is 1130. The van der Waals surface area contributed by atoms with Crippen LogP contribution in [0.25, 0.3) is 0 Å². The van der Waals surface area contributed by atoms with E-state index >= 15 is 0 Å². The third-order valence-electron chi connectivity index (χ3n) is 5.30. The molecule has 0 aliphatic heterocycles. The predicted octanol–water partition coefficient (Wildman–Crippen LogP) is 5.72. The van der Waals surface area contributed by atoms with Crippen LogP contribution in [-0.2, 0) is 0 Å². The molecule has 0 spiro atoms. The Morgan fingerprint density at radius 2 is 0.838 bits per heavy atom. The number of hydrogen-bond acceptors (Lipinski definition) is 7. The second-order valence-corrected chi connectivity index (χ2v) is 9.37. The molecule has 0 atom stereocenters. The Kier molecular flexibility index (Phi) is 11.2. The molecule has 0 saturated heterocycles. The highest BCUT2D eigenvalue weighted by atomic mass is 35.5. The van der Waals surface area contributed by atoms with Crippen molar-refractivity contribution in [2.75, 3.05) is 39.3 Å². The van der Waals surface area contributed by atoms with E-state index in [0.29, 0.717) is 71.0 Å². The van der Waals surface area contributed by atoms with Crippen molar-refractivity contribution in [2.24, 2.45) is 15.0 Å². The molecule has 0 unspecified atom stereocenters. The van der Waals surface area contributed by atoms with E-state index in [9.17, 15) is 15.3 Å². The van der Waals surface area contributed by atoms with Crippen LogP contribution in [0, 0.1) is 0 Å². The summed E-state index contributed by atoms with van der Waals surface area (Å²) in [6.07, 6.45) is 4.85. The molecule has 0 fully saturated rings. The number of benzene rings is 3. The Morgan fingerprint density at radius 1 is 0.541 bits per heavy atom. The summed E-state index contributed by atoms with van der Waals surface area (Å²) in [5, 5.41) is 31.3. The number of hydrogen-bond donors (Lipinski definition) is 3. The van der Waals surface area contributed by atoms with E-state index in [1.165, 1.54) is 18.2 Å². The summed E-state index contributed by atoms with van der Waals surface area (Å²) in [6.45, 7) is 3.46. The van der Waals surface area contributed by atoms with Crippen LogP contribution in [0.15, 0.2) is 69.6 Å². The molecule has 0 aliphatic rings. The molecular formula is C27H27Cl3N4O3. The molecule has 0 bridgehead atoms. The largest absolute Gasteiger partial charge is 0.507 e. The third-order valence-corrected chi connectivity index (χ3v) is 6.01. The van der Waals surface area contributed by atoms with Gasteiger partial charge in [-0.05, 0) is 54.6 Å². The summed E-state index contributed by atoms with van der Waals surface area (Å²) in [5.74, 6) is 0.230. The standard InChI is InChI=1S/C27H27Cl3N4O3/c28-22-4-1-19(25(35)13-22)16-31-7-10-34(11-8-32-17-20-2-5-23(29)14-26(20)36)12-9-33-18-21-3-6-24(30)15-27(21)37/h1-6,13-18,35-37H,7-12H2. The fraction of sp³-hybridized carbons (Fsp3) is 0.222. The van der Waals surface area contributed by atoms with Gasteiger partial charge in [0.1, 0.15) is 17.2 Å². The molecule has 0 amide bonds. The third kappa shape index (κ3) is 9.70. The maximum Gasteiger partial charge on any atom is 0.125 e. The topological polar surface area (TPSA) is 101 Å². The first-order chi connectivity index (χ1) is 17.8. The number of halogens is 3. The predicted molar refractivity (Wildman–Crippen MR) is 153 cm³/mol. The lowest BCUT2D eigenvalue weighted by atomic mass is 10.2. The molecule has 0 aromatic heterocycles. The Hall–Kier alpha value is -3.10. The summed E-state index contributed by atoms with van der Waals surface area (Å²) in [6, 6.07) is 14.6. The van der Waals surface area contributed by atoms with E-state index in [4.69, 9.17) is 34.8 Å². The Labute approximate surface area is 231 Å². The molecule has 3 aromatic carbocycles. The van der Waals surface area contributed by atoms with E-state index in [-0.39, 0.29) is 17.2 Å². The summed E-state index contributed by atoms with van der Waals surface area (Å²) < 4.78 is 0. The minimum Gasteiger partial charge on any atom is -0.507 e. The second kappa shape index (κ2) is 14.6. The van der Waals surface area contributed by atoms with Crippen LogP contribution in [0.2, 0.25) is 15.1 Å². The number of aromatic hydroxyl groups is 3. The van der Waals surface area contributed by atoms with Gasteiger partial charge in [0.05, 0.1) is 19.6 Å². The van der Waals surface area contributed by atoms with Gasteiger partial charge in [-0.2, -0.15) is 0 Å². The van der Waals surface area contributed by atoms with E-state index in [1.807, 2.05) is 0 Å². The van der Waals surface area contributed by atoms with Crippen molar-refractivity contribution in [2.45, 2.75) is 0 Å². The molecule has 3 N–H and O–H groups in total. The number of aliphatic imine (C=N–C) groups is 3. The molecule has 7 nitrogen and oxygen atoms in total. The fourth-order valence-electron chi connectivity index (χ4n) is 3.30. The number of rotatable bonds is 12. The lowest BCUT2D eigenvalue weighted by Crippen LogP contribution is -2.31. The molecule has 0 radical (unpaired) electrons. The molecule has 0 saturated carbocycles. The maximum absolute atomic E-state index is 9.98. The summed E-state index contributed by atoms with van der Waals surface area (Å²) in [5.41, 5.74) is 1.78. The zero-order valence-electron chi connectivity index (χ0n) is 19.9. The zero-order chi connectivity index (χ0) is 26.6. The van der Waals surface area contributed by atoms with Crippen molar-refractivity contribution in [1.29, 1.82) is 0 Å². The van der Waals surface area contributed by atoms with Gasteiger partial charge in [0.25, 0.3) is 0 Å². The van der Waals surface area contributed by atoms with Crippen LogP contribution >= 0.6 is 34.8 Å². The van der Waals surface area contributed by atoms with Crippen molar-refractivity contribution in [3.05, 3.63) is 86.4 Å². The molecule has 3 aromatic rings. The van der Waals surface area contributed by atoms with Crippen molar-refractivity contribution in [1.82, 2.24) is 4.90 Å². The average Bonchev–Trinajstić information content (AvgIpc) is 2.85. The highest BCUT2D eigenvalue weighted by molar-refractivity contribution is 6.31. The van der Waals surface area contributed by atoms with Gasteiger partial charge in [0, 0.05) is 70.0 Å². The highest BCUT2D eigenvalue weighted by Crippen LogP contribution is 2.22. The van der Waals surface area contributed by atoms with Gasteiger partial charge in [-0.1, -0.05) is 34.8 Å². The first-order valence-corrected chi connectivity index (χ1v) is 12.6. The maximum atomic E-state index is 9.98. The van der Waals surface area contributed by atoms with Crippen molar-refractivity contribution < 1.29 is 15.3 Å². The monoisotopic (exact) mass is 560 g/mol. The minimum atomic E-state index is 0.0766. The molecular weight excluding hydrogens is 535 g/mol. The van der Waals surface area contributed by atoms with E-state index < -0.39 is 0 Å². The van der Waals surface area contributed by atoms with Gasteiger partial charge in [-0.15, -0.1) is 0 Å². The first kappa shape index (κ1) is 28.5. The molecule has 10 heteroatoms. The van der Waals surface area contributed by atoms with Gasteiger partial charge in [0.2, 0.25) is 0 Å². The van der Waals surface area contributed by atoms with Crippen LogP contribution in [-0.4, -0.2) is 78.1 Å². The Morgan fingerprint density at radius 3 is 1.11 bits per heavy atom. The number of phenols is 3. The van der Waals surface area contributed by atoms with Crippen LogP contribution in [0.3, 0.4) is 0 Å². The SMILES string of the molecule is Oc1cc(Cl)ccc1C=NCCN(CCN=Cc1ccc(Cl)cc1O)CCN=Cc1ccc(Cl)cc1O. The normalized spacial score (nSPS) is 12.0. The molecule has 3 rings (SSSR count). The average molecular weight is 562 g/mol. The summed E-state index contributed by atoms with van der Waals surface area (Å²) in [7, 11) is 0. The smallest absolute Gasteiger partial charge is 0.125 e. The molecule has 37 heavy (non-hydrogen) atoms. The van der Waals surface area contributed by atoms with Gasteiger partial charge in [-0.3, -0.25) is 19.9 Å². The van der Waals surface area contributed by atoms with Crippen LogP contribution in [0.5, 0.6) is 17.2 Å². The number of nitrogens with zero attached hydrogens (tertiary/aromatic N) is 4. The highest BCUT2D eigenvalue weighted by Gasteiger charge is 2.05. The van der Waals surface area contributed by atoms with Crippen LogP contribution < -0.4 is 0 Å². The van der Waals surface area contributed by atoms with Crippen molar-refractivity contribution >= 4 is 53.4 Å². The lowest BCUT2D eigenvalue weighted by molar-refractivity contribution is 0.298. The number of phenolic OH excluding ortho intramolecular Hbond substituents is 3. The van der Waals surface area contributed by atoms with Gasteiger partial charge >= 0.3 is 0 Å². The minimum absolute atomic E-state index is 0.0766. The van der Waals surface area contributed by atoms with Crippen molar-refractivity contribution in [3.63, 3.8) is 0 Å². The quantitative estimate of drug-likeness (QED) is 0.246.